The Balaban J connectivity index is 2.71. The molecule has 1 heterocycles. The van der Waals surface area contributed by atoms with Gasteiger partial charge in [0.25, 0.3) is 0 Å². The van der Waals surface area contributed by atoms with E-state index < -0.39 is 11.6 Å². The maximum atomic E-state index is 10.3. The molecule has 0 N–H and O–H groups in total. The molecule has 3 nitrogen and oxygen atoms in total. The Morgan fingerprint density at radius 1 is 1.62 bits per heavy atom. The molecule has 0 fully saturated rings. The third-order valence-electron chi connectivity index (χ3n) is 0.787. The van der Waals surface area contributed by atoms with Crippen molar-refractivity contribution in [2.45, 2.75) is 6.42 Å². The summed E-state index contributed by atoms with van der Waals surface area (Å²) in [4.78, 5) is 23.9. The third-order valence-corrected chi connectivity index (χ3v) is 0.787. The van der Waals surface area contributed by atoms with Crippen LogP contribution in [0.3, 0.4) is 0 Å². The molecule has 0 atom stereocenters. The predicted octanol–water partition coefficient (Wildman–Crippen LogP) is -0.362. The Bertz CT molecular complexity index is 142. The minimum atomic E-state index is -0.618. The first-order chi connectivity index (χ1) is 3.80. The van der Waals surface area contributed by atoms with Gasteiger partial charge in [0.05, 0.1) is 0 Å². The summed E-state index contributed by atoms with van der Waals surface area (Å²) >= 11 is 0. The lowest BCUT2D eigenvalue weighted by Gasteiger charge is -1.95. The van der Waals surface area contributed by atoms with E-state index in [0.29, 0.717) is 0 Å². The van der Waals surface area contributed by atoms with Crippen molar-refractivity contribution in [3.05, 3.63) is 6.54 Å². The van der Waals surface area contributed by atoms with Crippen molar-refractivity contribution in [3.63, 3.8) is 0 Å². The van der Waals surface area contributed by atoms with Crippen molar-refractivity contribution >= 4 is 17.8 Å². The van der Waals surface area contributed by atoms with E-state index in [9.17, 15) is 9.59 Å². The van der Waals surface area contributed by atoms with Crippen LogP contribution in [0, 0.1) is 6.54 Å². The maximum absolute atomic E-state index is 10.3. The summed E-state index contributed by atoms with van der Waals surface area (Å²) in [6.07, 6.45) is 1.50. The molecule has 0 saturated heterocycles. The zero-order valence-corrected chi connectivity index (χ0v) is 4.05. The number of aliphatic imine (C=N–C) groups is 1. The zero-order valence-electron chi connectivity index (χ0n) is 4.05. The van der Waals surface area contributed by atoms with Crippen LogP contribution in [0.15, 0.2) is 4.99 Å². The van der Waals surface area contributed by atoms with Gasteiger partial charge in [-0.3, -0.25) is 14.6 Å². The molecule has 0 spiro atoms. The van der Waals surface area contributed by atoms with Crippen molar-refractivity contribution < 1.29 is 9.59 Å². The van der Waals surface area contributed by atoms with Gasteiger partial charge in [0.2, 0.25) is 11.6 Å². The van der Waals surface area contributed by atoms with Crippen LogP contribution in [-0.4, -0.2) is 17.8 Å². The summed E-state index contributed by atoms with van der Waals surface area (Å²) in [6, 6.07) is 0. The van der Waals surface area contributed by atoms with Crippen LogP contribution >= 0.6 is 0 Å². The lowest BCUT2D eigenvalue weighted by atomic mass is 10.2. The Kier molecular flexibility index (Phi) is 1.20. The summed E-state index contributed by atoms with van der Waals surface area (Å²) in [7, 11) is 0. The highest BCUT2D eigenvalue weighted by molar-refractivity contribution is 6.43. The van der Waals surface area contributed by atoms with E-state index in [2.05, 4.69) is 4.99 Å². The number of hydrogen-bond acceptors (Lipinski definition) is 3. The zero-order chi connectivity index (χ0) is 5.98. The molecule has 1 rings (SSSR count). The molecule has 1 aliphatic rings. The lowest BCUT2D eigenvalue weighted by Crippen LogP contribution is -2.17. The summed E-state index contributed by atoms with van der Waals surface area (Å²) < 4.78 is 0. The molecular formula is C5H3NO2. The molecule has 40 valence electrons. The van der Waals surface area contributed by atoms with Crippen LogP contribution in [0.25, 0.3) is 0 Å². The largest absolute Gasteiger partial charge is 0.290 e. The van der Waals surface area contributed by atoms with Gasteiger partial charge in [-0.1, -0.05) is 0 Å². The molecule has 8 heavy (non-hydrogen) atoms. The van der Waals surface area contributed by atoms with Crippen LogP contribution in [0.2, 0.25) is 0 Å². The number of nitrogens with zero attached hydrogens (tertiary/aromatic N) is 1. The normalized spacial score (nSPS) is 19.5. The van der Waals surface area contributed by atoms with Crippen LogP contribution < -0.4 is 0 Å². The fraction of sp³-hybridized carbons (Fsp3) is 0.200. The van der Waals surface area contributed by atoms with E-state index in [1.165, 1.54) is 6.21 Å². The number of carbonyl (C=O) groups is 2. The highest BCUT2D eigenvalue weighted by Crippen LogP contribution is 1.94. The number of carbonyl (C=O) groups excluding carboxylic acids is 2. The van der Waals surface area contributed by atoms with E-state index in [4.69, 9.17) is 0 Å². The molecule has 0 aromatic carbocycles. The fourth-order valence-corrected chi connectivity index (χ4v) is 0.388. The molecule has 2 radical (unpaired) electrons. The average molecular weight is 109 g/mol. The van der Waals surface area contributed by atoms with Gasteiger partial charge < -0.3 is 0 Å². The Morgan fingerprint density at radius 2 is 2.38 bits per heavy atom. The maximum Gasteiger partial charge on any atom is 0.232 e. The van der Waals surface area contributed by atoms with Crippen molar-refractivity contribution in [1.82, 2.24) is 0 Å². The van der Waals surface area contributed by atoms with Crippen molar-refractivity contribution in [1.29, 1.82) is 0 Å². The second kappa shape index (κ2) is 1.86. The minimum absolute atomic E-state index is 0.131. The predicted molar refractivity (Wildman–Crippen MR) is 26.4 cm³/mol. The minimum Gasteiger partial charge on any atom is -0.290 e. The molecule has 3 heteroatoms. The third kappa shape index (κ3) is 0.804. The van der Waals surface area contributed by atoms with E-state index in [1.807, 2.05) is 6.54 Å². The van der Waals surface area contributed by atoms with Gasteiger partial charge in [0.15, 0.2) is 6.54 Å². The van der Waals surface area contributed by atoms with Gasteiger partial charge >= 0.3 is 0 Å². The van der Waals surface area contributed by atoms with Crippen molar-refractivity contribution in [2.75, 3.05) is 0 Å². The van der Waals surface area contributed by atoms with Crippen LogP contribution in [0.4, 0.5) is 0 Å². The second-order valence-electron chi connectivity index (χ2n) is 1.38. The van der Waals surface area contributed by atoms with Gasteiger partial charge in [-0.2, -0.15) is 0 Å². The Morgan fingerprint density at radius 3 is 2.75 bits per heavy atom. The fourth-order valence-electron chi connectivity index (χ4n) is 0.388. The number of hydrogen-bond donors (Lipinski definition) is 0. The number of rotatable bonds is 0. The highest BCUT2D eigenvalue weighted by atomic mass is 16.2. The van der Waals surface area contributed by atoms with E-state index >= 15 is 0 Å². The summed E-state index contributed by atoms with van der Waals surface area (Å²) in [5.74, 6) is -1.05. The van der Waals surface area contributed by atoms with Crippen LogP contribution in [0.1, 0.15) is 6.42 Å². The van der Waals surface area contributed by atoms with E-state index in [-0.39, 0.29) is 6.42 Å². The molecule has 0 aromatic heterocycles. The highest BCUT2D eigenvalue weighted by Gasteiger charge is 2.15. The summed E-state index contributed by atoms with van der Waals surface area (Å²) in [5, 5.41) is 0. The van der Waals surface area contributed by atoms with Gasteiger partial charge in [-0.25, -0.2) is 0 Å². The quantitative estimate of drug-likeness (QED) is 0.399. The number of Topliss-reactive ketones (excluding diaryl/α,β-unsaturated/α-hetero) is 2. The van der Waals surface area contributed by atoms with Gasteiger partial charge in [-0.05, 0) is 0 Å². The van der Waals surface area contributed by atoms with Crippen LogP contribution in [0.5, 0.6) is 0 Å². The first kappa shape index (κ1) is 5.15. The first-order valence-electron chi connectivity index (χ1n) is 2.15. The molecule has 0 unspecified atom stereocenters. The van der Waals surface area contributed by atoms with Crippen molar-refractivity contribution in [3.8, 4) is 0 Å². The SMILES string of the molecule is O=C1[C]N=CCC1=O. The molecule has 0 amide bonds. The van der Waals surface area contributed by atoms with E-state index in [1.54, 1.807) is 0 Å². The van der Waals surface area contributed by atoms with Gasteiger partial charge in [-0.15, -0.1) is 0 Å². The van der Waals surface area contributed by atoms with Crippen molar-refractivity contribution in [2.24, 2.45) is 4.99 Å². The van der Waals surface area contributed by atoms with E-state index in [0.717, 1.165) is 0 Å². The summed E-state index contributed by atoms with van der Waals surface area (Å²) in [6.45, 7) is 2.01. The summed E-state index contributed by atoms with van der Waals surface area (Å²) in [5.41, 5.74) is 0. The molecule has 0 aliphatic carbocycles. The smallest absolute Gasteiger partial charge is 0.232 e. The van der Waals surface area contributed by atoms with Crippen LogP contribution in [-0.2, 0) is 9.59 Å². The Labute approximate surface area is 46.4 Å². The first-order valence-corrected chi connectivity index (χ1v) is 2.15. The topological polar surface area (TPSA) is 46.5 Å². The monoisotopic (exact) mass is 109 g/mol. The molecule has 0 aromatic rings. The second-order valence-corrected chi connectivity index (χ2v) is 1.38. The molecule has 0 saturated carbocycles. The molecule has 0 bridgehead atoms. The Hall–Kier alpha value is -0.990. The lowest BCUT2D eigenvalue weighted by molar-refractivity contribution is -0.134. The van der Waals surface area contributed by atoms with Gasteiger partial charge in [0.1, 0.15) is 0 Å². The average Bonchev–Trinajstić information content (AvgIpc) is 1.77. The molecular weight excluding hydrogens is 106 g/mol. The standard InChI is InChI=1S/C5H3NO2/c7-4-1-2-6-3-5(4)8/h2H,1H2. The van der Waals surface area contributed by atoms with Gasteiger partial charge in [0, 0.05) is 12.6 Å². The molecule has 1 aliphatic heterocycles. The number of ketones is 2.